The van der Waals surface area contributed by atoms with Crippen molar-refractivity contribution in [3.8, 4) is 5.69 Å². The summed E-state index contributed by atoms with van der Waals surface area (Å²) in [6.45, 7) is 6.89. The molecule has 7 heteroatoms. The lowest BCUT2D eigenvalue weighted by atomic mass is 10.2. The molecule has 0 radical (unpaired) electrons. The number of hydrogen-bond acceptors (Lipinski definition) is 4. The van der Waals surface area contributed by atoms with Crippen LogP contribution >= 0.6 is 23.4 Å². The van der Waals surface area contributed by atoms with Gasteiger partial charge in [0.05, 0.1) is 4.91 Å². The Bertz CT molecular complexity index is 965. The fourth-order valence-electron chi connectivity index (χ4n) is 3.34. The van der Waals surface area contributed by atoms with Gasteiger partial charge in [0.1, 0.15) is 0 Å². The summed E-state index contributed by atoms with van der Waals surface area (Å²) in [5.41, 5.74) is 4.95. The van der Waals surface area contributed by atoms with Gasteiger partial charge in [-0.15, -0.1) is 0 Å². The number of aromatic nitrogens is 1. The van der Waals surface area contributed by atoms with E-state index < -0.39 is 0 Å². The number of methoxy groups -OCH3 is 1. The van der Waals surface area contributed by atoms with Gasteiger partial charge >= 0.3 is 0 Å². The third-order valence-corrected chi connectivity index (χ3v) is 6.16. The minimum atomic E-state index is -0.241. The number of carbonyl (C=O) groups excluding carboxylic acids is 2. The summed E-state index contributed by atoms with van der Waals surface area (Å²) in [4.78, 5) is 26.6. The van der Waals surface area contributed by atoms with Crippen LogP contribution in [0.25, 0.3) is 11.8 Å². The van der Waals surface area contributed by atoms with Gasteiger partial charge in [0.25, 0.3) is 11.1 Å². The number of halogens is 1. The van der Waals surface area contributed by atoms with E-state index in [1.807, 2.05) is 45.0 Å². The van der Waals surface area contributed by atoms with Crippen LogP contribution in [0, 0.1) is 20.8 Å². The van der Waals surface area contributed by atoms with Crippen LogP contribution < -0.4 is 0 Å². The van der Waals surface area contributed by atoms with Gasteiger partial charge in [-0.1, -0.05) is 17.7 Å². The summed E-state index contributed by atoms with van der Waals surface area (Å²) < 4.78 is 7.12. The molecule has 28 heavy (non-hydrogen) atoms. The fourth-order valence-corrected chi connectivity index (χ4v) is 4.37. The summed E-state index contributed by atoms with van der Waals surface area (Å²) in [6.07, 6.45) is 2.43. The molecule has 2 aromatic rings. The first-order chi connectivity index (χ1) is 13.3. The molecular formula is C21H23ClN2O3S. The predicted molar refractivity (Wildman–Crippen MR) is 114 cm³/mol. The molecule has 0 aliphatic carbocycles. The Balaban J connectivity index is 1.93. The quantitative estimate of drug-likeness (QED) is 0.482. The lowest BCUT2D eigenvalue weighted by Gasteiger charge is -2.13. The number of amides is 2. The van der Waals surface area contributed by atoms with Crippen LogP contribution in [-0.2, 0) is 9.53 Å². The van der Waals surface area contributed by atoms with Crippen molar-refractivity contribution in [3.05, 3.63) is 56.7 Å². The van der Waals surface area contributed by atoms with Crippen LogP contribution in [0.1, 0.15) is 28.9 Å². The van der Waals surface area contributed by atoms with Crippen molar-refractivity contribution in [2.45, 2.75) is 27.2 Å². The highest BCUT2D eigenvalue weighted by molar-refractivity contribution is 8.18. The smallest absolute Gasteiger partial charge is 0.293 e. The number of rotatable bonds is 6. The Morgan fingerprint density at radius 1 is 1.21 bits per heavy atom. The molecule has 148 valence electrons. The maximum atomic E-state index is 12.6. The largest absolute Gasteiger partial charge is 0.385 e. The number of ether oxygens (including phenoxy) is 1. The van der Waals surface area contributed by atoms with Gasteiger partial charge in [-0.05, 0) is 74.4 Å². The molecule has 0 unspecified atom stereocenters. The number of thioether (sulfide) groups is 1. The first-order valence-corrected chi connectivity index (χ1v) is 10.2. The Morgan fingerprint density at radius 3 is 2.68 bits per heavy atom. The van der Waals surface area contributed by atoms with Gasteiger partial charge in [0, 0.05) is 42.4 Å². The zero-order valence-electron chi connectivity index (χ0n) is 16.4. The van der Waals surface area contributed by atoms with Crippen molar-refractivity contribution < 1.29 is 14.3 Å². The number of aryl methyl sites for hydroxylation is 1. The van der Waals surface area contributed by atoms with Crippen LogP contribution in [0.2, 0.25) is 5.02 Å². The molecule has 0 bridgehead atoms. The second kappa shape index (κ2) is 8.55. The van der Waals surface area contributed by atoms with Crippen molar-refractivity contribution >= 4 is 40.6 Å². The molecule has 2 amide bonds. The average Bonchev–Trinajstić information content (AvgIpc) is 3.08. The van der Waals surface area contributed by atoms with Crippen LogP contribution in [0.5, 0.6) is 0 Å². The molecular weight excluding hydrogens is 396 g/mol. The van der Waals surface area contributed by atoms with E-state index in [0.717, 1.165) is 40.0 Å². The number of benzene rings is 1. The molecule has 5 nitrogen and oxygen atoms in total. The van der Waals surface area contributed by atoms with E-state index >= 15 is 0 Å². The third-order valence-electron chi connectivity index (χ3n) is 4.84. The van der Waals surface area contributed by atoms with Crippen LogP contribution in [0.15, 0.2) is 29.2 Å². The second-order valence-corrected chi connectivity index (χ2v) is 8.13. The monoisotopic (exact) mass is 418 g/mol. The lowest BCUT2D eigenvalue weighted by molar-refractivity contribution is -0.122. The number of imide groups is 1. The summed E-state index contributed by atoms with van der Waals surface area (Å²) in [6, 6.07) is 7.84. The highest BCUT2D eigenvalue weighted by atomic mass is 35.5. The van der Waals surface area contributed by atoms with E-state index in [1.54, 1.807) is 13.2 Å². The van der Waals surface area contributed by atoms with Crippen molar-refractivity contribution in [2.75, 3.05) is 20.3 Å². The Kier molecular flexibility index (Phi) is 6.33. The third kappa shape index (κ3) is 3.90. The van der Waals surface area contributed by atoms with Crippen LogP contribution in [0.3, 0.4) is 0 Å². The van der Waals surface area contributed by atoms with Gasteiger partial charge in [-0.25, -0.2) is 0 Å². The first-order valence-electron chi connectivity index (χ1n) is 9.04. The molecule has 1 aliphatic rings. The molecule has 3 rings (SSSR count). The van der Waals surface area contributed by atoms with E-state index in [1.165, 1.54) is 4.90 Å². The van der Waals surface area contributed by atoms with Gasteiger partial charge in [0.2, 0.25) is 0 Å². The van der Waals surface area contributed by atoms with Gasteiger partial charge in [0.15, 0.2) is 0 Å². The maximum Gasteiger partial charge on any atom is 0.293 e. The lowest BCUT2D eigenvalue weighted by Crippen LogP contribution is -2.29. The Hall–Kier alpha value is -2.02. The summed E-state index contributed by atoms with van der Waals surface area (Å²) in [5, 5.41) is 0.482. The van der Waals surface area contributed by atoms with Crippen molar-refractivity contribution in [1.29, 1.82) is 0 Å². The number of nitrogens with zero attached hydrogens (tertiary/aromatic N) is 2. The molecule has 1 aromatic carbocycles. The van der Waals surface area contributed by atoms with Crippen molar-refractivity contribution in [1.82, 2.24) is 9.47 Å². The van der Waals surface area contributed by atoms with E-state index in [2.05, 4.69) is 4.57 Å². The zero-order chi connectivity index (χ0) is 20.4. The van der Waals surface area contributed by atoms with Gasteiger partial charge < -0.3 is 9.30 Å². The van der Waals surface area contributed by atoms with Gasteiger partial charge in [-0.3, -0.25) is 14.5 Å². The summed E-state index contributed by atoms with van der Waals surface area (Å²) in [7, 11) is 1.60. The minimum Gasteiger partial charge on any atom is -0.385 e. The molecule has 1 fully saturated rings. The molecule has 1 aromatic heterocycles. The molecule has 0 spiro atoms. The highest BCUT2D eigenvalue weighted by Crippen LogP contribution is 2.34. The maximum absolute atomic E-state index is 12.6. The van der Waals surface area contributed by atoms with E-state index in [4.69, 9.17) is 16.3 Å². The molecule has 2 heterocycles. The summed E-state index contributed by atoms with van der Waals surface area (Å²) >= 11 is 7.28. The van der Waals surface area contributed by atoms with Crippen LogP contribution in [-0.4, -0.2) is 40.9 Å². The first kappa shape index (κ1) is 20.7. The topological polar surface area (TPSA) is 51.5 Å². The SMILES string of the molecule is COCCCN1C(=O)S/C(=C/c2cc(C)n(-c3cccc(Cl)c3C)c2C)C1=O. The average molecular weight is 419 g/mol. The minimum absolute atomic E-state index is 0.230. The van der Waals surface area contributed by atoms with E-state index in [-0.39, 0.29) is 11.1 Å². The zero-order valence-corrected chi connectivity index (χ0v) is 18.0. The molecule has 1 aliphatic heterocycles. The van der Waals surface area contributed by atoms with E-state index in [0.29, 0.717) is 29.5 Å². The molecule has 0 N–H and O–H groups in total. The number of hydrogen-bond donors (Lipinski definition) is 0. The molecule has 0 atom stereocenters. The highest BCUT2D eigenvalue weighted by Gasteiger charge is 2.34. The fraction of sp³-hybridized carbons (Fsp3) is 0.333. The Labute approximate surface area is 174 Å². The van der Waals surface area contributed by atoms with Gasteiger partial charge in [-0.2, -0.15) is 0 Å². The summed E-state index contributed by atoms with van der Waals surface area (Å²) in [5.74, 6) is -0.241. The number of carbonyl (C=O) groups is 2. The standard InChI is InChI=1S/C21H23ClN2O3S/c1-13-11-16(15(3)24(13)18-8-5-7-17(22)14(18)2)12-19-20(25)23(21(26)28-19)9-6-10-27-4/h5,7-8,11-12H,6,9-10H2,1-4H3/b19-12+. The predicted octanol–water partition coefficient (Wildman–Crippen LogP) is 5.13. The normalized spacial score (nSPS) is 15.9. The molecule has 0 saturated carbocycles. The van der Waals surface area contributed by atoms with E-state index in [9.17, 15) is 9.59 Å². The van der Waals surface area contributed by atoms with Crippen LogP contribution in [0.4, 0.5) is 4.79 Å². The molecule has 1 saturated heterocycles. The van der Waals surface area contributed by atoms with Crippen molar-refractivity contribution in [3.63, 3.8) is 0 Å². The second-order valence-electron chi connectivity index (χ2n) is 6.73. The van der Waals surface area contributed by atoms with Crippen molar-refractivity contribution in [2.24, 2.45) is 0 Å². The Morgan fingerprint density at radius 2 is 1.96 bits per heavy atom.